The molecular weight excluding hydrogens is 226 g/mol. The molecule has 90 valence electrons. The molecule has 0 fully saturated rings. The summed E-state index contributed by atoms with van der Waals surface area (Å²) in [6.07, 6.45) is 5.06. The third-order valence-corrected chi connectivity index (χ3v) is 3.27. The van der Waals surface area contributed by atoms with Crippen molar-refractivity contribution in [1.29, 1.82) is 0 Å². The van der Waals surface area contributed by atoms with Gasteiger partial charge in [-0.05, 0) is 42.5 Å². The number of carbonyl (C=O) groups excluding carboxylic acids is 1. The maximum absolute atomic E-state index is 11.1. The third kappa shape index (κ3) is 1.86. The van der Waals surface area contributed by atoms with Crippen LogP contribution in [-0.2, 0) is 12.8 Å². The number of fused-ring (bicyclic) bond motifs is 1. The minimum Gasteiger partial charge on any atom is -0.363 e. The third-order valence-electron chi connectivity index (χ3n) is 3.27. The largest absolute Gasteiger partial charge is 0.363 e. The van der Waals surface area contributed by atoms with Crippen molar-refractivity contribution >= 4 is 5.91 Å². The topological polar surface area (TPSA) is 68.9 Å². The van der Waals surface area contributed by atoms with E-state index in [-0.39, 0.29) is 5.82 Å². The molecule has 1 aromatic carbocycles. The summed E-state index contributed by atoms with van der Waals surface area (Å²) < 4.78 is 0. The molecule has 0 aliphatic heterocycles. The lowest BCUT2D eigenvalue weighted by atomic mass is 10.0. The molecule has 0 bridgehead atoms. The first-order chi connectivity index (χ1) is 8.74. The van der Waals surface area contributed by atoms with E-state index >= 15 is 0 Å². The number of nitrogens with two attached hydrogens (primary N) is 1. The summed E-state index contributed by atoms with van der Waals surface area (Å²) >= 11 is 0. The molecule has 1 heterocycles. The van der Waals surface area contributed by atoms with Gasteiger partial charge in [-0.1, -0.05) is 12.1 Å². The van der Waals surface area contributed by atoms with Gasteiger partial charge in [-0.15, -0.1) is 0 Å². The van der Waals surface area contributed by atoms with Crippen LogP contribution >= 0.6 is 0 Å². The highest BCUT2D eigenvalue weighted by atomic mass is 16.1. The van der Waals surface area contributed by atoms with E-state index in [9.17, 15) is 4.79 Å². The zero-order chi connectivity index (χ0) is 12.5. The summed E-state index contributed by atoms with van der Waals surface area (Å²) in [5.74, 6) is -0.536. The molecule has 18 heavy (non-hydrogen) atoms. The van der Waals surface area contributed by atoms with Gasteiger partial charge in [0.1, 0.15) is 0 Å². The van der Waals surface area contributed by atoms with Gasteiger partial charge in [0.2, 0.25) is 5.82 Å². The Balaban J connectivity index is 2.04. The zero-order valence-corrected chi connectivity index (χ0v) is 9.89. The van der Waals surface area contributed by atoms with Crippen LogP contribution in [0.5, 0.6) is 0 Å². The number of hydrogen-bond acceptors (Lipinski definition) is 3. The molecule has 0 atom stereocenters. The number of aryl methyl sites for hydroxylation is 2. The van der Waals surface area contributed by atoms with Gasteiger partial charge in [0.25, 0.3) is 5.91 Å². The predicted molar refractivity (Wildman–Crippen MR) is 68.0 cm³/mol. The Morgan fingerprint density at radius 3 is 2.83 bits per heavy atom. The quantitative estimate of drug-likeness (QED) is 0.867. The van der Waals surface area contributed by atoms with E-state index in [0.717, 1.165) is 24.1 Å². The molecule has 0 radical (unpaired) electrons. The number of rotatable bonds is 2. The SMILES string of the molecule is NC(=O)c1nccc(-c2ccc3c(c2)CCC3)n1. The Morgan fingerprint density at radius 2 is 2.00 bits per heavy atom. The fraction of sp³-hybridized carbons (Fsp3) is 0.214. The van der Waals surface area contributed by atoms with Crippen molar-refractivity contribution in [2.45, 2.75) is 19.3 Å². The van der Waals surface area contributed by atoms with E-state index in [1.165, 1.54) is 17.5 Å². The number of benzene rings is 1. The van der Waals surface area contributed by atoms with E-state index in [1.807, 2.05) is 6.07 Å². The number of primary amides is 1. The summed E-state index contributed by atoms with van der Waals surface area (Å²) in [6.45, 7) is 0. The van der Waals surface area contributed by atoms with Gasteiger partial charge in [0.15, 0.2) is 0 Å². The second kappa shape index (κ2) is 4.22. The zero-order valence-electron chi connectivity index (χ0n) is 9.89. The van der Waals surface area contributed by atoms with Gasteiger partial charge in [0.05, 0.1) is 5.69 Å². The molecular formula is C14H13N3O. The Labute approximate surface area is 105 Å². The number of nitrogens with zero attached hydrogens (tertiary/aromatic N) is 2. The first-order valence-electron chi connectivity index (χ1n) is 5.99. The van der Waals surface area contributed by atoms with Crippen molar-refractivity contribution in [3.8, 4) is 11.3 Å². The minimum absolute atomic E-state index is 0.0630. The highest BCUT2D eigenvalue weighted by molar-refractivity contribution is 5.89. The molecule has 4 nitrogen and oxygen atoms in total. The van der Waals surface area contributed by atoms with Gasteiger partial charge in [0, 0.05) is 11.8 Å². The highest BCUT2D eigenvalue weighted by Crippen LogP contribution is 2.26. The molecule has 1 amide bonds. The average Bonchev–Trinajstić information content (AvgIpc) is 2.86. The van der Waals surface area contributed by atoms with Crippen LogP contribution in [-0.4, -0.2) is 15.9 Å². The second-order valence-corrected chi connectivity index (χ2v) is 4.47. The van der Waals surface area contributed by atoms with Crippen molar-refractivity contribution in [2.75, 3.05) is 0 Å². The molecule has 1 aromatic heterocycles. The van der Waals surface area contributed by atoms with Gasteiger partial charge in [-0.2, -0.15) is 0 Å². The van der Waals surface area contributed by atoms with Crippen LogP contribution in [0.3, 0.4) is 0 Å². The van der Waals surface area contributed by atoms with Gasteiger partial charge >= 0.3 is 0 Å². The number of aromatic nitrogens is 2. The first-order valence-corrected chi connectivity index (χ1v) is 5.99. The first kappa shape index (κ1) is 10.9. The Hall–Kier alpha value is -2.23. The average molecular weight is 239 g/mol. The fourth-order valence-corrected chi connectivity index (χ4v) is 2.37. The second-order valence-electron chi connectivity index (χ2n) is 4.47. The van der Waals surface area contributed by atoms with Crippen LogP contribution in [0.1, 0.15) is 28.2 Å². The summed E-state index contributed by atoms with van der Waals surface area (Å²) in [5.41, 5.74) is 9.75. The molecule has 2 aromatic rings. The van der Waals surface area contributed by atoms with Crippen molar-refractivity contribution in [2.24, 2.45) is 5.73 Å². The van der Waals surface area contributed by atoms with E-state index in [1.54, 1.807) is 12.3 Å². The van der Waals surface area contributed by atoms with Crippen LogP contribution in [0.25, 0.3) is 11.3 Å². The van der Waals surface area contributed by atoms with Gasteiger partial charge < -0.3 is 5.73 Å². The minimum atomic E-state index is -0.599. The predicted octanol–water partition coefficient (Wildman–Crippen LogP) is 1.73. The molecule has 1 aliphatic carbocycles. The van der Waals surface area contributed by atoms with Gasteiger partial charge in [-0.25, -0.2) is 9.97 Å². The lowest BCUT2D eigenvalue weighted by Crippen LogP contribution is -2.15. The Kier molecular flexibility index (Phi) is 2.55. The molecule has 0 saturated carbocycles. The van der Waals surface area contributed by atoms with Crippen LogP contribution in [0.4, 0.5) is 0 Å². The van der Waals surface area contributed by atoms with Crippen molar-refractivity contribution in [3.63, 3.8) is 0 Å². The fourth-order valence-electron chi connectivity index (χ4n) is 2.37. The highest BCUT2D eigenvalue weighted by Gasteiger charge is 2.12. The van der Waals surface area contributed by atoms with E-state index in [4.69, 9.17) is 5.73 Å². The maximum Gasteiger partial charge on any atom is 0.286 e. The van der Waals surface area contributed by atoms with Crippen LogP contribution < -0.4 is 5.73 Å². The van der Waals surface area contributed by atoms with E-state index in [2.05, 4.69) is 22.1 Å². The van der Waals surface area contributed by atoms with Crippen LogP contribution in [0.15, 0.2) is 30.5 Å². The molecule has 0 unspecified atom stereocenters. The lowest BCUT2D eigenvalue weighted by Gasteiger charge is -2.05. The van der Waals surface area contributed by atoms with E-state index in [0.29, 0.717) is 0 Å². The van der Waals surface area contributed by atoms with Crippen LogP contribution in [0, 0.1) is 0 Å². The smallest absolute Gasteiger partial charge is 0.286 e. The van der Waals surface area contributed by atoms with Crippen LogP contribution in [0.2, 0.25) is 0 Å². The lowest BCUT2D eigenvalue weighted by molar-refractivity contribution is 0.0990. The Morgan fingerprint density at radius 1 is 1.17 bits per heavy atom. The normalized spacial score (nSPS) is 13.3. The molecule has 2 N–H and O–H groups in total. The molecule has 4 heteroatoms. The molecule has 0 saturated heterocycles. The summed E-state index contributed by atoms with van der Waals surface area (Å²) in [6, 6.07) is 8.12. The molecule has 0 spiro atoms. The molecule has 1 aliphatic rings. The number of amides is 1. The summed E-state index contributed by atoms with van der Waals surface area (Å²) in [4.78, 5) is 19.1. The Bertz CT molecular complexity index is 622. The van der Waals surface area contributed by atoms with Crippen molar-refractivity contribution in [1.82, 2.24) is 9.97 Å². The van der Waals surface area contributed by atoms with E-state index < -0.39 is 5.91 Å². The summed E-state index contributed by atoms with van der Waals surface area (Å²) in [7, 11) is 0. The monoisotopic (exact) mass is 239 g/mol. The maximum atomic E-state index is 11.1. The molecule has 3 rings (SSSR count). The van der Waals surface area contributed by atoms with Crippen molar-refractivity contribution in [3.05, 3.63) is 47.4 Å². The summed E-state index contributed by atoms with van der Waals surface area (Å²) in [5, 5.41) is 0. The standard InChI is InChI=1S/C14H13N3O/c15-13(18)14-16-7-6-12(17-14)11-5-4-9-2-1-3-10(9)8-11/h4-8H,1-3H2,(H2,15,18). The number of hydrogen-bond donors (Lipinski definition) is 1. The number of carbonyl (C=O) groups is 1. The van der Waals surface area contributed by atoms with Gasteiger partial charge in [-0.3, -0.25) is 4.79 Å². The van der Waals surface area contributed by atoms with Crippen molar-refractivity contribution < 1.29 is 4.79 Å².